The molecule has 0 bridgehead atoms. The van der Waals surface area contributed by atoms with Crippen LogP contribution in [0.15, 0.2) is 60.0 Å². The Bertz CT molecular complexity index is 1120. The van der Waals surface area contributed by atoms with Crippen molar-refractivity contribution in [3.05, 3.63) is 70.4 Å². The topological polar surface area (TPSA) is 54.0 Å². The number of rotatable bonds is 7. The smallest absolute Gasteiger partial charge is 0.225 e. The summed E-state index contributed by atoms with van der Waals surface area (Å²) in [5.41, 5.74) is 3.57. The van der Waals surface area contributed by atoms with Crippen LogP contribution in [-0.2, 0) is 17.6 Å². The van der Waals surface area contributed by atoms with Gasteiger partial charge >= 0.3 is 0 Å². The van der Waals surface area contributed by atoms with Gasteiger partial charge in [-0.1, -0.05) is 12.1 Å². The number of ether oxygens (including phenoxy) is 2. The number of carbonyl (C=O) groups excluding carboxylic acids is 1. The summed E-state index contributed by atoms with van der Waals surface area (Å²) in [5.74, 6) is 1.74. The number of hydrogen-bond acceptors (Lipinski definition) is 6. The molecule has 2 aliphatic heterocycles. The van der Waals surface area contributed by atoms with Crippen LogP contribution >= 0.6 is 11.3 Å². The Labute approximate surface area is 205 Å². The molecule has 7 heteroatoms. The first-order valence-electron chi connectivity index (χ1n) is 11.8. The first kappa shape index (κ1) is 22.6. The Morgan fingerprint density at radius 1 is 1.06 bits per heavy atom. The summed E-state index contributed by atoms with van der Waals surface area (Å²) in [6, 6.07) is 18.7. The van der Waals surface area contributed by atoms with Gasteiger partial charge in [0.25, 0.3) is 0 Å². The minimum atomic E-state index is -0.106. The van der Waals surface area contributed by atoms with Gasteiger partial charge < -0.3 is 24.6 Å². The fourth-order valence-electron chi connectivity index (χ4n) is 5.13. The number of hydrogen-bond donors (Lipinski definition) is 1. The van der Waals surface area contributed by atoms with Crippen molar-refractivity contribution in [2.24, 2.45) is 5.92 Å². The number of piperazine rings is 1. The van der Waals surface area contributed by atoms with E-state index in [1.165, 1.54) is 16.1 Å². The first-order valence-corrected chi connectivity index (χ1v) is 12.7. The Morgan fingerprint density at radius 2 is 1.85 bits per heavy atom. The highest BCUT2D eigenvalue weighted by molar-refractivity contribution is 7.09. The van der Waals surface area contributed by atoms with Gasteiger partial charge in [-0.05, 0) is 60.2 Å². The highest BCUT2D eigenvalue weighted by Gasteiger charge is 2.41. The van der Waals surface area contributed by atoms with Crippen LogP contribution in [0.2, 0.25) is 0 Å². The molecule has 178 valence electrons. The van der Waals surface area contributed by atoms with Crippen LogP contribution in [-0.4, -0.2) is 52.3 Å². The number of methoxy groups -OCH3 is 2. The van der Waals surface area contributed by atoms with E-state index in [4.69, 9.17) is 9.47 Å². The molecule has 1 saturated heterocycles. The fourth-order valence-corrected chi connectivity index (χ4v) is 5.84. The van der Waals surface area contributed by atoms with Crippen molar-refractivity contribution in [1.82, 2.24) is 5.32 Å². The Kier molecular flexibility index (Phi) is 6.63. The molecule has 3 aromatic rings. The van der Waals surface area contributed by atoms with Crippen LogP contribution in [0.5, 0.6) is 11.5 Å². The van der Waals surface area contributed by atoms with E-state index in [0.29, 0.717) is 6.54 Å². The van der Waals surface area contributed by atoms with Gasteiger partial charge in [-0.2, -0.15) is 0 Å². The van der Waals surface area contributed by atoms with Crippen molar-refractivity contribution in [1.29, 1.82) is 0 Å². The third-order valence-electron chi connectivity index (χ3n) is 6.95. The molecule has 0 saturated carbocycles. The largest absolute Gasteiger partial charge is 0.497 e. The lowest BCUT2D eigenvalue weighted by Gasteiger charge is -2.49. The molecule has 34 heavy (non-hydrogen) atoms. The van der Waals surface area contributed by atoms with Gasteiger partial charge in [0.1, 0.15) is 11.5 Å². The number of fused-ring (bicyclic) bond motifs is 3. The van der Waals surface area contributed by atoms with Crippen LogP contribution in [0.3, 0.4) is 0 Å². The molecular formula is C27H31N3O3S. The molecule has 0 aliphatic carbocycles. The standard InChI is InChI=1S/C27H31N3O3S/c1-32-21-9-6-20(7-10-21)29-13-14-30-25-17-22(33-2)8-5-19(25)16-24(26(30)18-29)27(31)28-12-11-23-4-3-15-34-23/h3-10,15,17,24,26H,11-14,16,18H2,1-2H3,(H,28,31). The van der Waals surface area contributed by atoms with E-state index in [9.17, 15) is 4.79 Å². The molecule has 1 fully saturated rings. The lowest BCUT2D eigenvalue weighted by molar-refractivity contribution is -0.125. The molecule has 3 heterocycles. The van der Waals surface area contributed by atoms with Crippen LogP contribution < -0.4 is 24.6 Å². The average Bonchev–Trinajstić information content (AvgIpc) is 3.41. The molecule has 5 rings (SSSR count). The summed E-state index contributed by atoms with van der Waals surface area (Å²) in [6.07, 6.45) is 1.61. The zero-order chi connectivity index (χ0) is 23.5. The maximum absolute atomic E-state index is 13.4. The zero-order valence-corrected chi connectivity index (χ0v) is 20.5. The van der Waals surface area contributed by atoms with Crippen LogP contribution in [0.4, 0.5) is 11.4 Å². The maximum Gasteiger partial charge on any atom is 0.225 e. The SMILES string of the molecule is COc1ccc(N2CCN3c4cc(OC)ccc4CC(C(=O)NCCc4cccs4)C3C2)cc1. The molecule has 0 spiro atoms. The van der Waals surface area contributed by atoms with Crippen molar-refractivity contribution in [2.45, 2.75) is 18.9 Å². The summed E-state index contributed by atoms with van der Waals surface area (Å²) in [4.78, 5) is 19.6. The van der Waals surface area contributed by atoms with Crippen molar-refractivity contribution < 1.29 is 14.3 Å². The second kappa shape index (κ2) is 9.97. The van der Waals surface area contributed by atoms with Crippen molar-refractivity contribution >= 4 is 28.6 Å². The van der Waals surface area contributed by atoms with Gasteiger partial charge in [0.2, 0.25) is 5.91 Å². The summed E-state index contributed by atoms with van der Waals surface area (Å²) in [5, 5.41) is 5.31. The normalized spacial score (nSPS) is 19.2. The number of thiophene rings is 1. The first-order chi connectivity index (χ1) is 16.7. The van der Waals surface area contributed by atoms with E-state index in [1.807, 2.05) is 18.2 Å². The van der Waals surface area contributed by atoms with Crippen molar-refractivity contribution in [3.63, 3.8) is 0 Å². The Morgan fingerprint density at radius 3 is 2.59 bits per heavy atom. The van der Waals surface area contributed by atoms with Gasteiger partial charge in [0.05, 0.1) is 26.2 Å². The summed E-state index contributed by atoms with van der Waals surface area (Å²) < 4.78 is 10.8. The Hall–Kier alpha value is -3.19. The predicted molar refractivity (Wildman–Crippen MR) is 138 cm³/mol. The van der Waals surface area contributed by atoms with Gasteiger partial charge in [-0.15, -0.1) is 11.3 Å². The number of anilines is 2. The predicted octanol–water partition coefficient (Wildman–Crippen LogP) is 3.99. The summed E-state index contributed by atoms with van der Waals surface area (Å²) >= 11 is 1.74. The zero-order valence-electron chi connectivity index (χ0n) is 19.7. The van der Waals surface area contributed by atoms with E-state index >= 15 is 0 Å². The molecule has 0 radical (unpaired) electrons. The number of nitrogens with zero attached hydrogens (tertiary/aromatic N) is 2. The third-order valence-corrected chi connectivity index (χ3v) is 7.89. The molecule has 1 aromatic heterocycles. The maximum atomic E-state index is 13.4. The molecular weight excluding hydrogens is 446 g/mol. The molecule has 2 aliphatic rings. The van der Waals surface area contributed by atoms with Crippen LogP contribution in [0, 0.1) is 5.92 Å². The summed E-state index contributed by atoms with van der Waals surface area (Å²) in [6.45, 7) is 3.22. The van der Waals surface area contributed by atoms with E-state index in [1.54, 1.807) is 25.6 Å². The van der Waals surface area contributed by atoms with E-state index in [2.05, 4.69) is 56.9 Å². The number of amides is 1. The average molecular weight is 478 g/mol. The van der Waals surface area contributed by atoms with Crippen LogP contribution in [0.1, 0.15) is 10.4 Å². The third kappa shape index (κ3) is 4.57. The minimum Gasteiger partial charge on any atom is -0.497 e. The number of carbonyl (C=O) groups is 1. The lowest BCUT2D eigenvalue weighted by atomic mass is 9.83. The van der Waals surface area contributed by atoms with Crippen LogP contribution in [0.25, 0.3) is 0 Å². The van der Waals surface area contributed by atoms with E-state index in [0.717, 1.165) is 49.7 Å². The lowest BCUT2D eigenvalue weighted by Crippen LogP contribution is -2.61. The molecule has 2 unspecified atom stereocenters. The molecule has 1 N–H and O–H groups in total. The number of benzene rings is 2. The highest BCUT2D eigenvalue weighted by atomic mass is 32.1. The second-order valence-corrected chi connectivity index (χ2v) is 9.86. The fraction of sp³-hybridized carbons (Fsp3) is 0.370. The minimum absolute atomic E-state index is 0.0946. The van der Waals surface area contributed by atoms with Crippen molar-refractivity contribution in [3.8, 4) is 11.5 Å². The molecule has 6 nitrogen and oxygen atoms in total. The molecule has 1 amide bonds. The number of nitrogens with one attached hydrogen (secondary N) is 1. The Balaban J connectivity index is 1.37. The molecule has 2 atom stereocenters. The van der Waals surface area contributed by atoms with E-state index in [-0.39, 0.29) is 17.9 Å². The van der Waals surface area contributed by atoms with Crippen molar-refractivity contribution in [2.75, 3.05) is 50.2 Å². The summed E-state index contributed by atoms with van der Waals surface area (Å²) in [7, 11) is 3.39. The highest BCUT2D eigenvalue weighted by Crippen LogP contribution is 2.39. The quantitative estimate of drug-likeness (QED) is 0.558. The van der Waals surface area contributed by atoms with Gasteiger partial charge in [0.15, 0.2) is 0 Å². The van der Waals surface area contributed by atoms with Gasteiger partial charge in [-0.3, -0.25) is 4.79 Å². The van der Waals surface area contributed by atoms with Gasteiger partial charge in [0, 0.05) is 48.5 Å². The second-order valence-electron chi connectivity index (χ2n) is 8.83. The molecule has 2 aromatic carbocycles. The van der Waals surface area contributed by atoms with Gasteiger partial charge in [-0.25, -0.2) is 0 Å². The van der Waals surface area contributed by atoms with E-state index < -0.39 is 0 Å². The monoisotopic (exact) mass is 477 g/mol.